The van der Waals surface area contributed by atoms with E-state index in [9.17, 15) is 19.2 Å². The van der Waals surface area contributed by atoms with Crippen molar-refractivity contribution in [3.8, 4) is 12.4 Å². The second-order valence-corrected chi connectivity index (χ2v) is 32.0. The Hall–Kier alpha value is -5.30. The monoisotopic (exact) mass is 1130 g/mol. The zero-order valence-corrected chi connectivity index (χ0v) is 53.8. The minimum Gasteiger partial charge on any atom is -0.481 e. The molecule has 10 aliphatic rings. The largest absolute Gasteiger partial charge is 0.481 e. The van der Waals surface area contributed by atoms with Crippen LogP contribution in [0.3, 0.4) is 0 Å². The van der Waals surface area contributed by atoms with Gasteiger partial charge in [0.25, 0.3) is 0 Å². The Labute approximate surface area is 498 Å². The van der Waals surface area contributed by atoms with E-state index < -0.39 is 21.7 Å². The summed E-state index contributed by atoms with van der Waals surface area (Å²) in [6.45, 7) is 53.7. The third-order valence-electron chi connectivity index (χ3n) is 26.2. The van der Waals surface area contributed by atoms with Crippen LogP contribution in [0.25, 0.3) is 9.69 Å². The van der Waals surface area contributed by atoms with Crippen LogP contribution in [0, 0.1) is 137 Å². The van der Waals surface area contributed by atoms with Gasteiger partial charge in [-0.25, -0.2) is 9.69 Å². The molecule has 10 aliphatic carbocycles. The van der Waals surface area contributed by atoms with Crippen LogP contribution < -0.4 is 5.73 Å². The van der Waals surface area contributed by atoms with Crippen molar-refractivity contribution >= 4 is 34.7 Å². The maximum Gasteiger partial charge on any atom is 0.226 e. The van der Waals surface area contributed by atoms with Gasteiger partial charge >= 0.3 is 0 Å². The summed E-state index contributed by atoms with van der Waals surface area (Å²) < 4.78 is 4.81. The summed E-state index contributed by atoms with van der Waals surface area (Å²) in [7, 11) is 0. The summed E-state index contributed by atoms with van der Waals surface area (Å²) in [4.78, 5) is 70.0. The fraction of sp³-hybridized carbons (Fsp3) is 0.746. The van der Waals surface area contributed by atoms with Gasteiger partial charge in [0.15, 0.2) is 29.0 Å². The molecule has 0 bridgehead atoms. The van der Waals surface area contributed by atoms with E-state index in [1.807, 2.05) is 72.0 Å². The van der Waals surface area contributed by atoms with Gasteiger partial charge in [0, 0.05) is 46.1 Å². The Kier molecular flexibility index (Phi) is 16.3. The SMILES string of the molecule is CCOC(C)=NC#N.[C-]#[N+]C1=C[C@]2(C)C3=CC(=O)[C@@H]4[C@@H]5CC(C)(C)CC[C@]5(CCC(C)=NC#N)CC[C@@]4(C)[C@]3(C)CC[C@H]2C(C)(C)C1=O.[C-]#[N+]C1=C[C@]2(C)C3=CC(=O)[C@@H]4[C@@H]5CC(C)(C)CC[C@]5(CN)CC[C@@]4(C)[C@]3(C)CC[C@H]2C(C)(C)C1=O. The lowest BCUT2D eigenvalue weighted by Gasteiger charge is -2.69. The van der Waals surface area contributed by atoms with Gasteiger partial charge in [-0.3, -0.25) is 9.59 Å². The topological polar surface area (TPSA) is 185 Å². The van der Waals surface area contributed by atoms with E-state index in [2.05, 4.69) is 88.9 Å². The number of carbonyl (C=O) groups excluding carboxylic acids is 4. The molecule has 6 saturated carbocycles. The molecule has 0 saturated heterocycles. The minimum atomic E-state index is -0.635. The van der Waals surface area contributed by atoms with Crippen LogP contribution in [0.2, 0.25) is 0 Å². The molecule has 83 heavy (non-hydrogen) atoms. The van der Waals surface area contributed by atoms with Gasteiger partial charge in [0.1, 0.15) is 0 Å². The average Bonchev–Trinajstić information content (AvgIpc) is 1.16. The second-order valence-electron chi connectivity index (χ2n) is 32.0. The smallest absolute Gasteiger partial charge is 0.226 e. The third-order valence-corrected chi connectivity index (χ3v) is 26.2. The summed E-state index contributed by atoms with van der Waals surface area (Å²) in [5, 5.41) is 17.0. The summed E-state index contributed by atoms with van der Waals surface area (Å²) in [6.07, 6.45) is 28.0. The molecule has 0 heterocycles. The number of nitrogens with zero attached hydrogens (tertiary/aromatic N) is 6. The van der Waals surface area contributed by atoms with Gasteiger partial charge in [-0.05, 0) is 202 Å². The number of ketones is 4. The molecule has 0 amide bonds. The molecule has 6 fully saturated rings. The molecule has 2 N–H and O–H groups in total. The summed E-state index contributed by atoms with van der Waals surface area (Å²) in [5.41, 5.74) is 8.00. The number of hydrogen-bond donors (Lipinski definition) is 1. The van der Waals surface area contributed by atoms with E-state index in [1.54, 1.807) is 13.1 Å². The molecule has 0 aliphatic heterocycles. The number of Topliss-reactive ketones (excluding diaryl/α,β-unsaturated/α-hetero) is 2. The molecule has 12 nitrogen and oxygen atoms in total. The summed E-state index contributed by atoms with van der Waals surface area (Å²) in [5.74, 6) is 1.62. The van der Waals surface area contributed by atoms with Crippen molar-refractivity contribution < 1.29 is 23.9 Å². The Balaban J connectivity index is 0.000000193. The van der Waals surface area contributed by atoms with Crippen molar-refractivity contribution in [1.29, 1.82) is 10.5 Å². The Morgan fingerprint density at radius 1 is 0.614 bits per heavy atom. The first-order valence-corrected chi connectivity index (χ1v) is 31.5. The summed E-state index contributed by atoms with van der Waals surface area (Å²) >= 11 is 0. The van der Waals surface area contributed by atoms with Crippen molar-refractivity contribution in [2.24, 2.45) is 116 Å². The maximum atomic E-state index is 14.6. The molecule has 12 heteroatoms. The molecule has 0 aromatic heterocycles. The van der Waals surface area contributed by atoms with Crippen molar-refractivity contribution in [1.82, 2.24) is 0 Å². The average molecular weight is 1130 g/mol. The highest BCUT2D eigenvalue weighted by Gasteiger charge is 2.72. The number of allylic oxidation sites excluding steroid dienone is 8. The normalized spacial score (nSPS) is 42.1. The molecular formula is C71H99N7O5. The number of carbonyl (C=O) groups is 4. The number of aliphatic imine (C=N–C) groups is 2. The van der Waals surface area contributed by atoms with Crippen LogP contribution in [0.1, 0.15) is 220 Å². The molecule has 448 valence electrons. The van der Waals surface area contributed by atoms with Crippen molar-refractivity contribution in [2.45, 2.75) is 220 Å². The lowest BCUT2D eigenvalue weighted by atomic mass is 9.34. The first kappa shape index (κ1) is 63.7. The molecular weight excluding hydrogens is 1030 g/mol. The maximum absolute atomic E-state index is 14.6. The number of nitriles is 2. The fourth-order valence-corrected chi connectivity index (χ4v) is 21.1. The highest BCUT2D eigenvalue weighted by atomic mass is 16.5. The van der Waals surface area contributed by atoms with E-state index in [0.717, 1.165) is 95.6 Å². The lowest BCUT2D eigenvalue weighted by molar-refractivity contribution is -0.172. The molecule has 0 unspecified atom stereocenters. The van der Waals surface area contributed by atoms with Crippen LogP contribution in [0.15, 0.2) is 56.8 Å². The molecule has 0 aromatic carbocycles. The fourth-order valence-electron chi connectivity index (χ4n) is 21.1. The van der Waals surface area contributed by atoms with Crippen LogP contribution >= 0.6 is 0 Å². The van der Waals surface area contributed by atoms with Gasteiger partial charge in [-0.15, -0.1) is 4.99 Å². The number of fused-ring (bicyclic) bond motifs is 14. The van der Waals surface area contributed by atoms with E-state index in [4.69, 9.17) is 34.1 Å². The number of nitrogens with two attached hydrogens (primary N) is 1. The number of ether oxygens (including phenoxy) is 1. The Morgan fingerprint density at radius 3 is 1.41 bits per heavy atom. The van der Waals surface area contributed by atoms with Crippen molar-refractivity contribution in [3.63, 3.8) is 0 Å². The van der Waals surface area contributed by atoms with Crippen LogP contribution in [-0.4, -0.2) is 47.9 Å². The Morgan fingerprint density at radius 2 is 1.01 bits per heavy atom. The molecule has 0 aromatic rings. The number of rotatable bonds is 5. The zero-order chi connectivity index (χ0) is 61.7. The third kappa shape index (κ3) is 9.64. The van der Waals surface area contributed by atoms with E-state index in [0.29, 0.717) is 30.9 Å². The van der Waals surface area contributed by atoms with E-state index in [1.165, 1.54) is 24.0 Å². The lowest BCUT2D eigenvalue weighted by Crippen LogP contribution is -2.65. The van der Waals surface area contributed by atoms with Crippen LogP contribution in [0.5, 0.6) is 0 Å². The predicted molar refractivity (Wildman–Crippen MR) is 327 cm³/mol. The van der Waals surface area contributed by atoms with E-state index >= 15 is 0 Å². The molecule has 10 rings (SSSR count). The highest BCUT2D eigenvalue weighted by Crippen LogP contribution is 2.77. The van der Waals surface area contributed by atoms with Crippen molar-refractivity contribution in [2.75, 3.05) is 13.2 Å². The van der Waals surface area contributed by atoms with Gasteiger partial charge in [0.05, 0.1) is 19.8 Å². The van der Waals surface area contributed by atoms with E-state index in [-0.39, 0.29) is 102 Å². The molecule has 0 radical (unpaired) electrons. The zero-order valence-electron chi connectivity index (χ0n) is 53.8. The Bertz CT molecular complexity index is 3100. The number of hydrogen-bond acceptors (Lipinski definition) is 10. The molecule has 14 atom stereocenters. The van der Waals surface area contributed by atoms with Gasteiger partial charge in [-0.1, -0.05) is 120 Å². The first-order chi connectivity index (χ1) is 38.4. The molecule has 0 spiro atoms. The minimum absolute atomic E-state index is 0.00387. The quantitative estimate of drug-likeness (QED) is 0.122. The van der Waals surface area contributed by atoms with Gasteiger partial charge in [0.2, 0.25) is 23.8 Å². The van der Waals surface area contributed by atoms with Gasteiger partial charge in [-0.2, -0.15) is 15.5 Å². The predicted octanol–water partition coefficient (Wildman–Crippen LogP) is 15.7. The van der Waals surface area contributed by atoms with Crippen molar-refractivity contribution in [3.05, 3.63) is 69.7 Å². The second kappa shape index (κ2) is 21.3. The van der Waals surface area contributed by atoms with Gasteiger partial charge < -0.3 is 20.1 Å². The first-order valence-electron chi connectivity index (χ1n) is 31.5. The standard InChI is InChI=1S/C35H47N3O2.C31H44N2O2.C5H8N2O/c1-22(38-21-36)10-13-35-16-14-30(2,3)19-23(35)28-25(39)18-27-32(6)20-24(37-9)29(40)31(4,5)26(32)11-12-33(27,7)34(28,8)15-17-35;1-26(2)11-13-31(18-32)14-12-30(7)24(19(31)16-26)21(34)15-23-28(5)17-20(33-8)25(35)27(3,4)22(28)9-10-29(23,30)6;1-3-8-5(2)7-4-6/h18,20,23,26,28H,10-17,19H2,1-8H3;15,17,19,22,24H,9-14,16,18,32H2,1-7H3;3H2,1-2H3/t23-,26-,28-,32-,33+,34+,35+;19-,22-,24-,28-,29+,30+,31+;/m00./s1. The summed E-state index contributed by atoms with van der Waals surface area (Å²) in [6, 6.07) is 0. The highest BCUT2D eigenvalue weighted by molar-refractivity contribution is 6.04. The van der Waals surface area contributed by atoms with Crippen LogP contribution in [-0.2, 0) is 23.9 Å². The van der Waals surface area contributed by atoms with Crippen LogP contribution in [0.4, 0.5) is 0 Å².